The summed E-state index contributed by atoms with van der Waals surface area (Å²) >= 11 is 0. The second-order valence-corrected chi connectivity index (χ2v) is 10.6. The minimum Gasteiger partial charge on any atom is -0.466 e. The van der Waals surface area contributed by atoms with Gasteiger partial charge in [0.2, 0.25) is 5.95 Å². The molecule has 1 unspecified atom stereocenters. The van der Waals surface area contributed by atoms with Crippen molar-refractivity contribution in [2.24, 2.45) is 10.8 Å². The standard InChI is InChI=1S/C29H29F2N5O3/c1-4-38-25(37)28(3)15-29(28)16-35(17-29)27-32-12-21(13-33-27)20-9-10-24-34-18(2)22(36(24)14-20)11-19-7-5-6-8-23(19)39-26(30)31/h5-10,12-14,26H,4,11,15-17H2,1-3H3. The van der Waals surface area contributed by atoms with Crippen molar-refractivity contribution in [3.63, 3.8) is 0 Å². The van der Waals surface area contributed by atoms with Crippen molar-refractivity contribution in [3.8, 4) is 16.9 Å². The van der Waals surface area contributed by atoms with E-state index in [0.717, 1.165) is 47.7 Å². The molecular formula is C29H29F2N5O3. The number of aryl methyl sites for hydroxylation is 1. The van der Waals surface area contributed by atoms with Gasteiger partial charge in [-0.15, -0.1) is 0 Å². The number of carbonyl (C=O) groups is 1. The van der Waals surface area contributed by atoms with E-state index in [2.05, 4.69) is 19.9 Å². The van der Waals surface area contributed by atoms with Gasteiger partial charge in [0.15, 0.2) is 0 Å². The molecule has 8 nitrogen and oxygen atoms in total. The van der Waals surface area contributed by atoms with Crippen LogP contribution in [0, 0.1) is 17.8 Å². The first kappa shape index (κ1) is 25.2. The number of pyridine rings is 1. The minimum atomic E-state index is -2.89. The maximum absolute atomic E-state index is 12.9. The topological polar surface area (TPSA) is 81.8 Å². The molecule has 202 valence electrons. The Morgan fingerprint density at radius 1 is 1.10 bits per heavy atom. The zero-order valence-electron chi connectivity index (χ0n) is 22.0. The average Bonchev–Trinajstić information content (AvgIpc) is 3.44. The molecule has 0 radical (unpaired) electrons. The number of para-hydroxylation sites is 1. The Morgan fingerprint density at radius 3 is 2.56 bits per heavy atom. The van der Waals surface area contributed by atoms with E-state index in [1.807, 2.05) is 43.5 Å². The highest BCUT2D eigenvalue weighted by atomic mass is 19.3. The van der Waals surface area contributed by atoms with Crippen LogP contribution in [0.3, 0.4) is 0 Å². The Labute approximate surface area is 224 Å². The lowest BCUT2D eigenvalue weighted by Crippen LogP contribution is -2.53. The number of nitrogens with zero attached hydrogens (tertiary/aromatic N) is 5. The molecule has 1 atom stereocenters. The van der Waals surface area contributed by atoms with Crippen LogP contribution in [0.25, 0.3) is 16.8 Å². The monoisotopic (exact) mass is 533 g/mol. The molecule has 1 aliphatic carbocycles. The zero-order valence-corrected chi connectivity index (χ0v) is 22.0. The lowest BCUT2D eigenvalue weighted by molar-refractivity contribution is -0.150. The summed E-state index contributed by atoms with van der Waals surface area (Å²) in [6.45, 7) is 4.70. The first-order chi connectivity index (χ1) is 18.7. The van der Waals surface area contributed by atoms with Gasteiger partial charge < -0.3 is 18.8 Å². The summed E-state index contributed by atoms with van der Waals surface area (Å²) in [5, 5.41) is 0. The molecule has 4 heterocycles. The highest BCUT2D eigenvalue weighted by Gasteiger charge is 2.74. The van der Waals surface area contributed by atoms with Gasteiger partial charge in [0.05, 0.1) is 17.7 Å². The van der Waals surface area contributed by atoms with Crippen molar-refractivity contribution < 1.29 is 23.0 Å². The third kappa shape index (κ3) is 4.27. The number of rotatable bonds is 8. The van der Waals surface area contributed by atoms with Crippen molar-refractivity contribution in [1.29, 1.82) is 0 Å². The Bertz CT molecular complexity index is 1550. The quantitative estimate of drug-likeness (QED) is 0.293. The maximum Gasteiger partial charge on any atom is 0.387 e. The molecular weight excluding hydrogens is 504 g/mol. The molecule has 10 heteroatoms. The second-order valence-electron chi connectivity index (χ2n) is 10.6. The third-order valence-electron chi connectivity index (χ3n) is 8.17. The van der Waals surface area contributed by atoms with E-state index in [4.69, 9.17) is 9.47 Å². The molecule has 39 heavy (non-hydrogen) atoms. The number of aromatic nitrogens is 4. The Hall–Kier alpha value is -4.08. The van der Waals surface area contributed by atoms with Crippen LogP contribution >= 0.6 is 0 Å². The molecule has 0 N–H and O–H groups in total. The average molecular weight is 534 g/mol. The van der Waals surface area contributed by atoms with Crippen LogP contribution in [0.5, 0.6) is 5.75 Å². The van der Waals surface area contributed by atoms with Crippen molar-refractivity contribution in [2.45, 2.75) is 40.2 Å². The summed E-state index contributed by atoms with van der Waals surface area (Å²) in [5.41, 5.74) is 4.41. The predicted octanol–water partition coefficient (Wildman–Crippen LogP) is 5.07. The van der Waals surface area contributed by atoms with Crippen LogP contribution in [0.1, 0.15) is 37.2 Å². The van der Waals surface area contributed by atoms with Gasteiger partial charge in [-0.1, -0.05) is 18.2 Å². The normalized spacial score (nSPS) is 19.4. The number of ether oxygens (including phenoxy) is 2. The van der Waals surface area contributed by atoms with Crippen LogP contribution in [0.2, 0.25) is 0 Å². The highest BCUT2D eigenvalue weighted by Crippen LogP contribution is 2.68. The number of anilines is 1. The summed E-state index contributed by atoms with van der Waals surface area (Å²) < 4.78 is 37.8. The van der Waals surface area contributed by atoms with Gasteiger partial charge in [-0.05, 0) is 45.4 Å². The summed E-state index contributed by atoms with van der Waals surface area (Å²) in [4.78, 5) is 28.3. The summed E-state index contributed by atoms with van der Waals surface area (Å²) in [7, 11) is 0. The summed E-state index contributed by atoms with van der Waals surface area (Å²) in [6, 6.07) is 10.7. The lowest BCUT2D eigenvalue weighted by Gasteiger charge is -2.42. The zero-order chi connectivity index (χ0) is 27.4. The first-order valence-electron chi connectivity index (χ1n) is 13.0. The van der Waals surface area contributed by atoms with Crippen molar-refractivity contribution >= 4 is 17.6 Å². The SMILES string of the molecule is CCOC(=O)C1(C)CC12CN(c1ncc(-c3ccc4nc(C)c(Cc5ccccc5OC(F)F)n4c3)cn1)C2. The van der Waals surface area contributed by atoms with Gasteiger partial charge in [0.25, 0.3) is 0 Å². The van der Waals surface area contributed by atoms with E-state index in [1.54, 1.807) is 36.7 Å². The van der Waals surface area contributed by atoms with E-state index < -0.39 is 12.0 Å². The van der Waals surface area contributed by atoms with Crippen LogP contribution in [-0.4, -0.2) is 51.6 Å². The molecule has 1 saturated carbocycles. The lowest BCUT2D eigenvalue weighted by atomic mass is 9.87. The predicted molar refractivity (Wildman–Crippen MR) is 141 cm³/mol. The van der Waals surface area contributed by atoms with Gasteiger partial charge in [0.1, 0.15) is 11.4 Å². The Kier molecular flexibility index (Phi) is 6.00. The van der Waals surface area contributed by atoms with Crippen molar-refractivity contribution in [3.05, 3.63) is 71.9 Å². The van der Waals surface area contributed by atoms with Crippen LogP contribution in [0.15, 0.2) is 55.0 Å². The number of carbonyl (C=O) groups excluding carboxylic acids is 1. The van der Waals surface area contributed by atoms with E-state index in [1.165, 1.54) is 0 Å². The molecule has 4 aromatic rings. The minimum absolute atomic E-state index is 0.0407. The van der Waals surface area contributed by atoms with Crippen LogP contribution < -0.4 is 9.64 Å². The largest absolute Gasteiger partial charge is 0.466 e. The van der Waals surface area contributed by atoms with Gasteiger partial charge in [-0.2, -0.15) is 8.78 Å². The third-order valence-corrected chi connectivity index (χ3v) is 8.17. The van der Waals surface area contributed by atoms with E-state index in [-0.39, 0.29) is 17.1 Å². The molecule has 0 bridgehead atoms. The second kappa shape index (κ2) is 9.29. The van der Waals surface area contributed by atoms with Gasteiger partial charge in [-0.3, -0.25) is 4.79 Å². The fraction of sp³-hybridized carbons (Fsp3) is 0.379. The Balaban J connectivity index is 1.21. The maximum atomic E-state index is 12.9. The number of imidazole rings is 1. The van der Waals surface area contributed by atoms with Gasteiger partial charge in [-0.25, -0.2) is 15.0 Å². The Morgan fingerprint density at radius 2 is 1.85 bits per heavy atom. The van der Waals surface area contributed by atoms with Crippen molar-refractivity contribution in [2.75, 3.05) is 24.6 Å². The molecule has 1 aromatic carbocycles. The number of alkyl halides is 2. The number of benzene rings is 1. The van der Waals surface area contributed by atoms with Gasteiger partial charge in [0, 0.05) is 65.9 Å². The van der Waals surface area contributed by atoms with Gasteiger partial charge >= 0.3 is 12.6 Å². The first-order valence-corrected chi connectivity index (χ1v) is 13.0. The molecule has 1 spiro atoms. The highest BCUT2D eigenvalue weighted by molar-refractivity contribution is 5.83. The number of esters is 1. The smallest absolute Gasteiger partial charge is 0.387 e. The number of hydrogen-bond donors (Lipinski definition) is 0. The van der Waals surface area contributed by atoms with Crippen LogP contribution in [-0.2, 0) is 16.0 Å². The number of fused-ring (bicyclic) bond motifs is 1. The van der Waals surface area contributed by atoms with E-state index >= 15 is 0 Å². The summed E-state index contributed by atoms with van der Waals surface area (Å²) in [5.74, 6) is 0.678. The number of halogens is 2. The van der Waals surface area contributed by atoms with Crippen LogP contribution in [0.4, 0.5) is 14.7 Å². The molecule has 1 aliphatic heterocycles. The van der Waals surface area contributed by atoms with Crippen molar-refractivity contribution in [1.82, 2.24) is 19.4 Å². The van der Waals surface area contributed by atoms with E-state index in [0.29, 0.717) is 24.5 Å². The molecule has 3 aromatic heterocycles. The molecule has 2 fully saturated rings. The fourth-order valence-corrected chi connectivity index (χ4v) is 5.77. The molecule has 2 aliphatic rings. The number of hydrogen-bond acceptors (Lipinski definition) is 7. The molecule has 1 saturated heterocycles. The molecule has 6 rings (SSSR count). The van der Waals surface area contributed by atoms with E-state index in [9.17, 15) is 13.6 Å². The molecule has 0 amide bonds. The summed E-state index contributed by atoms with van der Waals surface area (Å²) in [6.07, 6.45) is 6.77. The fourth-order valence-electron chi connectivity index (χ4n) is 5.77.